The molecule has 5 nitrogen and oxygen atoms in total. The second-order valence-electron chi connectivity index (χ2n) is 4.50. The molecule has 0 radical (unpaired) electrons. The molecule has 2 aromatic rings. The fourth-order valence-electron chi connectivity index (χ4n) is 1.89. The lowest BCUT2D eigenvalue weighted by molar-refractivity contribution is -0.150. The first-order chi connectivity index (χ1) is 9.74. The molecule has 0 atom stereocenters. The zero-order valence-electron chi connectivity index (χ0n) is 11.7. The Morgan fingerprint density at radius 3 is 2.60 bits per heavy atom. The number of rotatable bonds is 6. The third-order valence-corrected chi connectivity index (χ3v) is 3.16. The van der Waals surface area contributed by atoms with Crippen LogP contribution < -0.4 is 0 Å². The Kier molecular flexibility index (Phi) is 4.87. The van der Waals surface area contributed by atoms with Crippen LogP contribution in [-0.4, -0.2) is 16.1 Å². The van der Waals surface area contributed by atoms with Crippen molar-refractivity contribution in [3.8, 4) is 11.4 Å². The van der Waals surface area contributed by atoms with Crippen LogP contribution in [0.4, 0.5) is 0 Å². The van der Waals surface area contributed by atoms with E-state index in [9.17, 15) is 4.79 Å². The van der Waals surface area contributed by atoms with E-state index in [4.69, 9.17) is 9.26 Å². The van der Waals surface area contributed by atoms with Gasteiger partial charge in [-0.3, -0.25) is 4.79 Å². The maximum absolute atomic E-state index is 11.7. The number of carbonyl (C=O) groups is 1. The van der Waals surface area contributed by atoms with Gasteiger partial charge in [0.1, 0.15) is 0 Å². The molecule has 0 bridgehead atoms. The van der Waals surface area contributed by atoms with Gasteiger partial charge in [-0.25, -0.2) is 0 Å². The topological polar surface area (TPSA) is 65.2 Å². The molecule has 0 fully saturated rings. The smallest absolute Gasteiger partial charge is 0.309 e. The first-order valence-electron chi connectivity index (χ1n) is 6.79. The number of carbonyl (C=O) groups excluding carboxylic acids is 1. The van der Waals surface area contributed by atoms with Crippen LogP contribution >= 0.6 is 0 Å². The molecule has 5 heteroatoms. The second kappa shape index (κ2) is 6.84. The molecule has 0 aliphatic rings. The number of hydrogen-bond donors (Lipinski definition) is 0. The van der Waals surface area contributed by atoms with Crippen LogP contribution in [-0.2, 0) is 16.1 Å². The summed E-state index contributed by atoms with van der Waals surface area (Å²) in [6.07, 6.45) is 1.54. The lowest BCUT2D eigenvalue weighted by Crippen LogP contribution is -2.16. The molecular weight excluding hydrogens is 256 g/mol. The van der Waals surface area contributed by atoms with E-state index in [0.29, 0.717) is 11.7 Å². The highest BCUT2D eigenvalue weighted by atomic mass is 16.6. The van der Waals surface area contributed by atoms with Crippen LogP contribution in [0.25, 0.3) is 11.4 Å². The summed E-state index contributed by atoms with van der Waals surface area (Å²) in [5.74, 6) is 0.531. The molecule has 106 valence electrons. The van der Waals surface area contributed by atoms with Gasteiger partial charge < -0.3 is 9.26 Å². The lowest BCUT2D eigenvalue weighted by Gasteiger charge is -2.09. The first-order valence-corrected chi connectivity index (χ1v) is 6.79. The van der Waals surface area contributed by atoms with Crippen molar-refractivity contribution in [2.24, 2.45) is 5.92 Å². The number of esters is 1. The number of hydrogen-bond acceptors (Lipinski definition) is 5. The summed E-state index contributed by atoms with van der Waals surface area (Å²) in [5.41, 5.74) is 0.869. The minimum atomic E-state index is -0.213. The summed E-state index contributed by atoms with van der Waals surface area (Å²) in [6, 6.07) is 9.51. The van der Waals surface area contributed by atoms with Gasteiger partial charge >= 0.3 is 5.97 Å². The Morgan fingerprint density at radius 1 is 1.25 bits per heavy atom. The second-order valence-corrected chi connectivity index (χ2v) is 4.50. The molecule has 0 unspecified atom stereocenters. The van der Waals surface area contributed by atoms with Crippen LogP contribution in [0.2, 0.25) is 0 Å². The van der Waals surface area contributed by atoms with Crippen molar-refractivity contribution in [3.05, 3.63) is 36.2 Å². The molecule has 20 heavy (non-hydrogen) atoms. The molecule has 0 aliphatic carbocycles. The molecule has 2 rings (SSSR count). The van der Waals surface area contributed by atoms with Gasteiger partial charge in [0.2, 0.25) is 5.82 Å². The molecule has 0 saturated carbocycles. The highest BCUT2D eigenvalue weighted by Gasteiger charge is 2.17. The number of nitrogens with zero attached hydrogens (tertiary/aromatic N) is 2. The summed E-state index contributed by atoms with van der Waals surface area (Å²) >= 11 is 0. The van der Waals surface area contributed by atoms with Crippen molar-refractivity contribution >= 4 is 5.97 Å². The van der Waals surface area contributed by atoms with Gasteiger partial charge in [0, 0.05) is 5.56 Å². The maximum atomic E-state index is 11.7. The van der Waals surface area contributed by atoms with Crippen molar-refractivity contribution in [2.45, 2.75) is 33.3 Å². The quantitative estimate of drug-likeness (QED) is 0.757. The Morgan fingerprint density at radius 2 is 1.95 bits per heavy atom. The highest BCUT2D eigenvalue weighted by molar-refractivity contribution is 5.72. The van der Waals surface area contributed by atoms with Crippen molar-refractivity contribution in [3.63, 3.8) is 0 Å². The normalized spacial score (nSPS) is 10.8. The molecule has 1 aromatic heterocycles. The highest BCUT2D eigenvalue weighted by Crippen LogP contribution is 2.16. The third-order valence-electron chi connectivity index (χ3n) is 3.16. The molecule has 1 heterocycles. The molecule has 1 aromatic carbocycles. The van der Waals surface area contributed by atoms with Crippen molar-refractivity contribution < 1.29 is 14.1 Å². The summed E-state index contributed by atoms with van der Waals surface area (Å²) in [5, 5.41) is 3.87. The molecule has 0 spiro atoms. The minimum absolute atomic E-state index is 0.0230. The van der Waals surface area contributed by atoms with Gasteiger partial charge in [0.05, 0.1) is 5.92 Å². The summed E-state index contributed by atoms with van der Waals surface area (Å²) in [4.78, 5) is 16.0. The van der Waals surface area contributed by atoms with Gasteiger partial charge in [-0.05, 0) is 12.8 Å². The standard InChI is InChI=1S/C15H18N2O3/c1-3-11(4-2)15(18)19-10-13-16-14(17-20-13)12-8-6-5-7-9-12/h5-9,11H,3-4,10H2,1-2H3. The van der Waals surface area contributed by atoms with E-state index >= 15 is 0 Å². The molecule has 0 aliphatic heterocycles. The van der Waals surface area contributed by atoms with Crippen molar-refractivity contribution in [1.82, 2.24) is 10.1 Å². The number of benzene rings is 1. The zero-order valence-corrected chi connectivity index (χ0v) is 11.7. The Labute approximate surface area is 118 Å². The fourth-order valence-corrected chi connectivity index (χ4v) is 1.89. The Hall–Kier alpha value is -2.17. The molecule has 0 amide bonds. The van der Waals surface area contributed by atoms with E-state index in [0.717, 1.165) is 18.4 Å². The molecule has 0 N–H and O–H groups in total. The van der Waals surface area contributed by atoms with Gasteiger partial charge in [-0.1, -0.05) is 49.3 Å². The Balaban J connectivity index is 1.95. The minimum Gasteiger partial charge on any atom is -0.455 e. The van der Waals surface area contributed by atoms with Crippen LogP contribution in [0.1, 0.15) is 32.6 Å². The fraction of sp³-hybridized carbons (Fsp3) is 0.400. The van der Waals surface area contributed by atoms with Crippen molar-refractivity contribution in [1.29, 1.82) is 0 Å². The average Bonchev–Trinajstić information content (AvgIpc) is 2.96. The van der Waals surface area contributed by atoms with E-state index in [1.54, 1.807) is 0 Å². The van der Waals surface area contributed by atoms with Gasteiger partial charge in [0.15, 0.2) is 6.61 Å². The third kappa shape index (κ3) is 3.44. The van der Waals surface area contributed by atoms with Crippen LogP contribution in [0.5, 0.6) is 0 Å². The predicted molar refractivity (Wildman–Crippen MR) is 73.6 cm³/mol. The zero-order chi connectivity index (χ0) is 14.4. The van der Waals surface area contributed by atoms with E-state index in [1.165, 1.54) is 0 Å². The number of ether oxygens (including phenoxy) is 1. The van der Waals surface area contributed by atoms with E-state index in [2.05, 4.69) is 10.1 Å². The van der Waals surface area contributed by atoms with E-state index in [1.807, 2.05) is 44.2 Å². The molecule has 0 saturated heterocycles. The lowest BCUT2D eigenvalue weighted by atomic mass is 10.0. The molecular formula is C15H18N2O3. The van der Waals surface area contributed by atoms with Gasteiger partial charge in [-0.15, -0.1) is 0 Å². The summed E-state index contributed by atoms with van der Waals surface area (Å²) < 4.78 is 10.3. The van der Waals surface area contributed by atoms with Gasteiger partial charge in [-0.2, -0.15) is 4.98 Å². The predicted octanol–water partition coefficient (Wildman–Crippen LogP) is 3.22. The van der Waals surface area contributed by atoms with Gasteiger partial charge in [0.25, 0.3) is 5.89 Å². The monoisotopic (exact) mass is 274 g/mol. The first kappa shape index (κ1) is 14.2. The summed E-state index contributed by atoms with van der Waals surface area (Å²) in [6.45, 7) is 3.96. The van der Waals surface area contributed by atoms with Crippen LogP contribution in [0, 0.1) is 5.92 Å². The van der Waals surface area contributed by atoms with Crippen LogP contribution in [0.15, 0.2) is 34.9 Å². The van der Waals surface area contributed by atoms with E-state index < -0.39 is 0 Å². The Bertz CT molecular complexity index is 547. The SMILES string of the molecule is CCC(CC)C(=O)OCc1nc(-c2ccccc2)no1. The van der Waals surface area contributed by atoms with E-state index in [-0.39, 0.29) is 18.5 Å². The largest absolute Gasteiger partial charge is 0.455 e. The number of aromatic nitrogens is 2. The van der Waals surface area contributed by atoms with Crippen LogP contribution in [0.3, 0.4) is 0 Å². The van der Waals surface area contributed by atoms with Crippen molar-refractivity contribution in [2.75, 3.05) is 0 Å². The summed E-state index contributed by atoms with van der Waals surface area (Å²) in [7, 11) is 0. The average molecular weight is 274 g/mol. The maximum Gasteiger partial charge on any atom is 0.309 e.